The van der Waals surface area contributed by atoms with Crippen LogP contribution in [0.3, 0.4) is 0 Å². The van der Waals surface area contributed by atoms with Crippen molar-refractivity contribution in [3.05, 3.63) is 29.5 Å². The number of nitrogens with one attached hydrogen (secondary N) is 1. The lowest BCUT2D eigenvalue weighted by atomic mass is 10.1. The van der Waals surface area contributed by atoms with Crippen molar-refractivity contribution in [1.29, 1.82) is 0 Å². The summed E-state index contributed by atoms with van der Waals surface area (Å²) in [6.07, 6.45) is -2.13. The highest BCUT2D eigenvalue weighted by Crippen LogP contribution is 2.52. The van der Waals surface area contributed by atoms with E-state index in [1.54, 1.807) is 18.2 Å². The van der Waals surface area contributed by atoms with Crippen molar-refractivity contribution in [1.82, 2.24) is 20.0 Å². The fraction of sp³-hybridized carbons (Fsp3) is 0.524. The van der Waals surface area contributed by atoms with Gasteiger partial charge in [0.15, 0.2) is 5.69 Å². The molecule has 4 rings (SSSR count). The van der Waals surface area contributed by atoms with Gasteiger partial charge in [-0.25, -0.2) is 4.39 Å². The van der Waals surface area contributed by atoms with Gasteiger partial charge in [0, 0.05) is 25.0 Å². The number of methoxy groups -OCH3 is 1. The number of nitrogens with two attached hydrogens (primary N) is 1. The Balaban J connectivity index is 1.56. The standard InChI is InChI=1S/C21H24Cl2FN5O4/c1-10-3-4-12-14(5-10)29(27-16(12)19(25)31)9-15(30)28-8-13(24)18(33-2)17(28)20(32)26-7-11-6-21(11,22)23/h3-5,11,13,17-18H,6-9H2,1-2H3,(H2,25,31)(H,26,32)/t11-,13?,17?,18?/m1/s1. The quantitative estimate of drug-likeness (QED) is 0.556. The van der Waals surface area contributed by atoms with Crippen LogP contribution >= 0.6 is 23.2 Å². The highest BCUT2D eigenvalue weighted by molar-refractivity contribution is 6.50. The molecule has 178 valence electrons. The summed E-state index contributed by atoms with van der Waals surface area (Å²) in [7, 11) is 1.29. The van der Waals surface area contributed by atoms with Gasteiger partial charge in [-0.15, -0.1) is 23.2 Å². The SMILES string of the molecule is COC1C(F)CN(C(=O)Cn2nc(C(N)=O)c3ccc(C)cc32)C1C(=O)NC[C@H]1CC1(Cl)Cl. The summed E-state index contributed by atoms with van der Waals surface area (Å²) < 4.78 is 20.3. The number of fused-ring (bicyclic) bond motifs is 1. The monoisotopic (exact) mass is 499 g/mol. The summed E-state index contributed by atoms with van der Waals surface area (Å²) in [6, 6.07) is 4.10. The first kappa shape index (κ1) is 23.7. The Hall–Kier alpha value is -2.43. The highest BCUT2D eigenvalue weighted by Gasteiger charge is 2.53. The number of benzene rings is 1. The van der Waals surface area contributed by atoms with E-state index in [-0.39, 0.29) is 31.2 Å². The van der Waals surface area contributed by atoms with Crippen molar-refractivity contribution < 1.29 is 23.5 Å². The maximum Gasteiger partial charge on any atom is 0.269 e. The molecule has 2 heterocycles. The second-order valence-corrected chi connectivity index (χ2v) is 10.0. The van der Waals surface area contributed by atoms with Gasteiger partial charge in [0.05, 0.1) is 12.1 Å². The van der Waals surface area contributed by atoms with Crippen LogP contribution in [-0.2, 0) is 20.9 Å². The molecule has 1 aliphatic heterocycles. The number of nitrogens with zero attached hydrogens (tertiary/aromatic N) is 3. The van der Waals surface area contributed by atoms with Crippen LogP contribution < -0.4 is 11.1 Å². The van der Waals surface area contributed by atoms with E-state index < -0.39 is 40.4 Å². The molecule has 3 unspecified atom stereocenters. The number of amides is 3. The van der Waals surface area contributed by atoms with Crippen LogP contribution in [-0.4, -0.2) is 75.3 Å². The van der Waals surface area contributed by atoms with Gasteiger partial charge in [-0.05, 0) is 25.0 Å². The van der Waals surface area contributed by atoms with Crippen molar-refractivity contribution >= 4 is 51.8 Å². The number of likely N-dealkylation sites (tertiary alicyclic amines) is 1. The Morgan fingerprint density at radius 2 is 2.06 bits per heavy atom. The molecule has 2 fully saturated rings. The van der Waals surface area contributed by atoms with Crippen molar-refractivity contribution in [2.45, 2.75) is 42.5 Å². The van der Waals surface area contributed by atoms with E-state index in [2.05, 4.69) is 10.4 Å². The first-order valence-corrected chi connectivity index (χ1v) is 11.2. The molecule has 1 aromatic carbocycles. The molecule has 1 saturated carbocycles. The number of hydrogen-bond acceptors (Lipinski definition) is 5. The minimum absolute atomic E-state index is 0.0294. The minimum Gasteiger partial charge on any atom is -0.376 e. The number of aryl methyl sites for hydroxylation is 1. The number of carbonyl (C=O) groups excluding carboxylic acids is 3. The van der Waals surface area contributed by atoms with Crippen molar-refractivity contribution in [3.63, 3.8) is 0 Å². The second kappa shape index (κ2) is 8.73. The Morgan fingerprint density at radius 1 is 1.36 bits per heavy atom. The van der Waals surface area contributed by atoms with Crippen LogP contribution in [0.4, 0.5) is 4.39 Å². The predicted molar refractivity (Wildman–Crippen MR) is 120 cm³/mol. The van der Waals surface area contributed by atoms with Crippen LogP contribution in [0.25, 0.3) is 10.9 Å². The number of carbonyl (C=O) groups is 3. The summed E-state index contributed by atoms with van der Waals surface area (Å²) >= 11 is 12.0. The molecule has 9 nitrogen and oxygen atoms in total. The Bertz CT molecular complexity index is 1120. The molecule has 1 aliphatic carbocycles. The fourth-order valence-corrected chi connectivity index (χ4v) is 4.76. The zero-order valence-corrected chi connectivity index (χ0v) is 19.6. The van der Waals surface area contributed by atoms with Gasteiger partial charge < -0.3 is 20.7 Å². The maximum absolute atomic E-state index is 14.7. The third-order valence-corrected chi connectivity index (χ3v) is 7.07. The van der Waals surface area contributed by atoms with Gasteiger partial charge in [0.1, 0.15) is 29.2 Å². The summed E-state index contributed by atoms with van der Waals surface area (Å²) in [4.78, 5) is 39.1. The fourth-order valence-electron chi connectivity index (χ4n) is 4.23. The van der Waals surface area contributed by atoms with E-state index >= 15 is 0 Å². The third-order valence-electron chi connectivity index (χ3n) is 6.14. The average Bonchev–Trinajstić information content (AvgIpc) is 3.06. The van der Waals surface area contributed by atoms with Gasteiger partial charge in [-0.2, -0.15) is 5.10 Å². The van der Waals surface area contributed by atoms with E-state index in [0.717, 1.165) is 10.5 Å². The number of halogens is 3. The zero-order valence-electron chi connectivity index (χ0n) is 18.1. The number of alkyl halides is 3. The lowest BCUT2D eigenvalue weighted by Gasteiger charge is -2.26. The summed E-state index contributed by atoms with van der Waals surface area (Å²) in [6.45, 7) is 1.45. The summed E-state index contributed by atoms with van der Waals surface area (Å²) in [5.74, 6) is -1.94. The number of ether oxygens (including phenoxy) is 1. The number of primary amides is 1. The van der Waals surface area contributed by atoms with Crippen molar-refractivity contribution in [2.24, 2.45) is 11.7 Å². The summed E-state index contributed by atoms with van der Waals surface area (Å²) in [5, 5.41) is 7.40. The zero-order chi connectivity index (χ0) is 24.1. The lowest BCUT2D eigenvalue weighted by Crippen LogP contribution is -2.52. The van der Waals surface area contributed by atoms with Crippen LogP contribution in [0.2, 0.25) is 0 Å². The van der Waals surface area contributed by atoms with Crippen LogP contribution in [0.5, 0.6) is 0 Å². The Morgan fingerprint density at radius 3 is 2.67 bits per heavy atom. The minimum atomic E-state index is -1.55. The third kappa shape index (κ3) is 4.51. The molecule has 2 aliphatic rings. The second-order valence-electron chi connectivity index (χ2n) is 8.51. The van der Waals surface area contributed by atoms with E-state index in [1.165, 1.54) is 11.8 Å². The van der Waals surface area contributed by atoms with Gasteiger partial charge in [-0.1, -0.05) is 12.1 Å². The first-order valence-electron chi connectivity index (χ1n) is 10.4. The molecule has 1 aromatic heterocycles. The molecule has 12 heteroatoms. The highest BCUT2D eigenvalue weighted by atomic mass is 35.5. The van der Waals surface area contributed by atoms with Crippen LogP contribution in [0, 0.1) is 12.8 Å². The molecule has 0 spiro atoms. The first-order chi connectivity index (χ1) is 15.5. The van der Waals surface area contributed by atoms with E-state index in [4.69, 9.17) is 33.7 Å². The van der Waals surface area contributed by atoms with Crippen LogP contribution in [0.15, 0.2) is 18.2 Å². The number of hydrogen-bond donors (Lipinski definition) is 2. The topological polar surface area (TPSA) is 120 Å². The summed E-state index contributed by atoms with van der Waals surface area (Å²) in [5.41, 5.74) is 6.89. The van der Waals surface area contributed by atoms with Gasteiger partial charge in [0.2, 0.25) is 11.8 Å². The number of rotatable bonds is 7. The Labute approximate surface area is 199 Å². The van der Waals surface area contributed by atoms with Crippen molar-refractivity contribution in [3.8, 4) is 0 Å². The normalized spacial score (nSPS) is 25.9. The molecule has 0 radical (unpaired) electrons. The smallest absolute Gasteiger partial charge is 0.269 e. The molecule has 3 amide bonds. The van der Waals surface area contributed by atoms with Gasteiger partial charge in [-0.3, -0.25) is 19.1 Å². The van der Waals surface area contributed by atoms with E-state index in [9.17, 15) is 18.8 Å². The molecule has 3 N–H and O–H groups in total. The lowest BCUT2D eigenvalue weighted by molar-refractivity contribution is -0.141. The van der Waals surface area contributed by atoms with Crippen LogP contribution in [0.1, 0.15) is 22.5 Å². The molecular formula is C21H24Cl2FN5O4. The van der Waals surface area contributed by atoms with E-state index in [1.807, 2.05) is 6.92 Å². The largest absolute Gasteiger partial charge is 0.376 e. The predicted octanol–water partition coefficient (Wildman–Crippen LogP) is 1.32. The number of aromatic nitrogens is 2. The molecule has 4 atom stereocenters. The molecule has 2 aromatic rings. The van der Waals surface area contributed by atoms with E-state index in [0.29, 0.717) is 17.3 Å². The molecular weight excluding hydrogens is 476 g/mol. The molecule has 33 heavy (non-hydrogen) atoms. The molecule has 1 saturated heterocycles. The van der Waals surface area contributed by atoms with Crippen molar-refractivity contribution in [2.75, 3.05) is 20.2 Å². The van der Waals surface area contributed by atoms with Gasteiger partial charge in [0.25, 0.3) is 5.91 Å². The average molecular weight is 500 g/mol. The Kier molecular flexibility index (Phi) is 6.28. The maximum atomic E-state index is 14.7. The molecule has 0 bridgehead atoms. The van der Waals surface area contributed by atoms with Gasteiger partial charge >= 0.3 is 0 Å².